The van der Waals surface area contributed by atoms with Crippen molar-refractivity contribution in [1.29, 1.82) is 0 Å². The lowest BCUT2D eigenvalue weighted by molar-refractivity contribution is 0.0685. The lowest BCUT2D eigenvalue weighted by Gasteiger charge is -2.33. The van der Waals surface area contributed by atoms with Crippen LogP contribution in [-0.2, 0) is 16.6 Å². The van der Waals surface area contributed by atoms with Crippen LogP contribution in [0.25, 0.3) is 0 Å². The number of aryl methyl sites for hydroxylation is 3. The Morgan fingerprint density at radius 2 is 1.73 bits per heavy atom. The minimum atomic E-state index is -3.59. The number of benzene rings is 2. The molecule has 1 amide bonds. The molecule has 1 saturated heterocycles. The molecule has 0 radical (unpaired) electrons. The second kappa shape index (κ2) is 9.36. The van der Waals surface area contributed by atoms with E-state index in [2.05, 4.69) is 5.16 Å². The summed E-state index contributed by atoms with van der Waals surface area (Å²) in [6.45, 7) is 6.86. The van der Waals surface area contributed by atoms with Gasteiger partial charge in [0.1, 0.15) is 18.1 Å². The average Bonchev–Trinajstić information content (AvgIpc) is 3.19. The van der Waals surface area contributed by atoms with E-state index < -0.39 is 10.0 Å². The first kappa shape index (κ1) is 23.0. The summed E-state index contributed by atoms with van der Waals surface area (Å²) < 4.78 is 38.3. The molecular weight excluding hydrogens is 442 g/mol. The summed E-state index contributed by atoms with van der Waals surface area (Å²) in [5.41, 5.74) is 2.95. The van der Waals surface area contributed by atoms with Gasteiger partial charge < -0.3 is 14.2 Å². The van der Waals surface area contributed by atoms with E-state index in [1.54, 1.807) is 42.2 Å². The van der Waals surface area contributed by atoms with Gasteiger partial charge in [-0.1, -0.05) is 41.1 Å². The van der Waals surface area contributed by atoms with E-state index >= 15 is 0 Å². The molecule has 8 nitrogen and oxygen atoms in total. The second-order valence-electron chi connectivity index (χ2n) is 8.13. The first-order valence-corrected chi connectivity index (χ1v) is 12.2. The lowest BCUT2D eigenvalue weighted by atomic mass is 10.1. The molecule has 174 valence electrons. The van der Waals surface area contributed by atoms with Gasteiger partial charge in [0.25, 0.3) is 5.91 Å². The Labute approximate surface area is 193 Å². The minimum absolute atomic E-state index is 0.155. The number of amides is 1. The van der Waals surface area contributed by atoms with Gasteiger partial charge in [-0.2, -0.15) is 4.31 Å². The Morgan fingerprint density at radius 1 is 1.03 bits per heavy atom. The summed E-state index contributed by atoms with van der Waals surface area (Å²) in [4.78, 5) is 15.0. The number of piperazine rings is 1. The first-order chi connectivity index (χ1) is 15.8. The number of nitrogens with zero attached hydrogens (tertiary/aromatic N) is 3. The van der Waals surface area contributed by atoms with Gasteiger partial charge in [0.05, 0.1) is 10.5 Å². The molecular formula is C24H27N3O5S. The third-order valence-electron chi connectivity index (χ3n) is 5.80. The van der Waals surface area contributed by atoms with Gasteiger partial charge >= 0.3 is 0 Å². The molecule has 1 aliphatic heterocycles. The number of rotatable bonds is 6. The average molecular weight is 470 g/mol. The number of hydrogen-bond donors (Lipinski definition) is 0. The molecule has 1 aromatic heterocycles. The molecule has 0 aliphatic carbocycles. The van der Waals surface area contributed by atoms with Crippen LogP contribution >= 0.6 is 0 Å². The van der Waals surface area contributed by atoms with E-state index in [0.717, 1.165) is 16.9 Å². The highest BCUT2D eigenvalue weighted by Crippen LogP contribution is 2.24. The topological polar surface area (TPSA) is 93.0 Å². The van der Waals surface area contributed by atoms with Crippen molar-refractivity contribution in [1.82, 2.24) is 14.4 Å². The van der Waals surface area contributed by atoms with Crippen molar-refractivity contribution in [2.75, 3.05) is 26.2 Å². The summed E-state index contributed by atoms with van der Waals surface area (Å²) >= 11 is 0. The van der Waals surface area contributed by atoms with E-state index in [1.807, 2.05) is 32.0 Å². The molecule has 0 unspecified atom stereocenters. The summed E-state index contributed by atoms with van der Waals surface area (Å²) in [6, 6.07) is 14.2. The Kier molecular flexibility index (Phi) is 6.53. The van der Waals surface area contributed by atoms with Crippen LogP contribution in [0.15, 0.2) is 57.9 Å². The van der Waals surface area contributed by atoms with E-state index in [4.69, 9.17) is 9.26 Å². The minimum Gasteiger partial charge on any atom is -0.488 e. The Morgan fingerprint density at radius 3 is 2.39 bits per heavy atom. The maximum Gasteiger partial charge on any atom is 0.276 e. The predicted molar refractivity (Wildman–Crippen MR) is 123 cm³/mol. The van der Waals surface area contributed by atoms with Gasteiger partial charge in [0.2, 0.25) is 10.0 Å². The fourth-order valence-corrected chi connectivity index (χ4v) is 5.31. The number of ether oxygens (including phenoxy) is 1. The van der Waals surface area contributed by atoms with Crippen LogP contribution in [0.5, 0.6) is 5.75 Å². The van der Waals surface area contributed by atoms with Crippen molar-refractivity contribution in [3.63, 3.8) is 0 Å². The van der Waals surface area contributed by atoms with Crippen molar-refractivity contribution in [3.8, 4) is 5.75 Å². The molecule has 1 aliphatic rings. The van der Waals surface area contributed by atoms with Crippen LogP contribution in [-0.4, -0.2) is 54.9 Å². The van der Waals surface area contributed by atoms with Gasteiger partial charge in [-0.15, -0.1) is 0 Å². The normalized spacial score (nSPS) is 14.9. The van der Waals surface area contributed by atoms with Gasteiger partial charge in [-0.3, -0.25) is 4.79 Å². The molecule has 1 fully saturated rings. The standard InChI is InChI=1S/C24H27N3O5S/c1-17-9-10-22(18(2)15-17)31-16-21-19(3)32-25-23(21)24(28)26-11-13-27(14-12-26)33(29,30)20-7-5-4-6-8-20/h4-10,15H,11-14,16H2,1-3H3. The number of aromatic nitrogens is 1. The van der Waals surface area contributed by atoms with Crippen LogP contribution in [0.1, 0.15) is 32.9 Å². The van der Waals surface area contributed by atoms with Crippen molar-refractivity contribution in [2.24, 2.45) is 0 Å². The summed E-state index contributed by atoms with van der Waals surface area (Å²) in [5, 5.41) is 3.98. The summed E-state index contributed by atoms with van der Waals surface area (Å²) in [7, 11) is -3.59. The Balaban J connectivity index is 1.43. The summed E-state index contributed by atoms with van der Waals surface area (Å²) in [5.74, 6) is 0.968. The number of hydrogen-bond acceptors (Lipinski definition) is 6. The van der Waals surface area contributed by atoms with Crippen molar-refractivity contribution in [3.05, 3.63) is 76.7 Å². The Hall–Kier alpha value is -3.17. The van der Waals surface area contributed by atoms with Crippen molar-refractivity contribution in [2.45, 2.75) is 32.3 Å². The van der Waals surface area contributed by atoms with Crippen LogP contribution < -0.4 is 4.74 Å². The highest BCUT2D eigenvalue weighted by atomic mass is 32.2. The van der Waals surface area contributed by atoms with Crippen LogP contribution in [0.2, 0.25) is 0 Å². The molecule has 0 bridgehead atoms. The van der Waals surface area contributed by atoms with Crippen LogP contribution in [0.4, 0.5) is 0 Å². The fourth-order valence-electron chi connectivity index (χ4n) is 3.86. The van der Waals surface area contributed by atoms with E-state index in [9.17, 15) is 13.2 Å². The van der Waals surface area contributed by atoms with Gasteiger partial charge in [-0.25, -0.2) is 8.42 Å². The van der Waals surface area contributed by atoms with E-state index in [-0.39, 0.29) is 49.3 Å². The molecule has 0 spiro atoms. The number of carbonyl (C=O) groups is 1. The molecule has 0 saturated carbocycles. The third-order valence-corrected chi connectivity index (χ3v) is 7.71. The Bertz CT molecular complexity index is 1250. The van der Waals surface area contributed by atoms with Gasteiger partial charge in [0.15, 0.2) is 5.69 Å². The third kappa shape index (κ3) is 4.79. The van der Waals surface area contributed by atoms with Crippen molar-refractivity contribution < 1.29 is 22.5 Å². The summed E-state index contributed by atoms with van der Waals surface area (Å²) in [6.07, 6.45) is 0. The maximum atomic E-state index is 13.2. The maximum absolute atomic E-state index is 13.2. The second-order valence-corrected chi connectivity index (χ2v) is 10.1. The molecule has 0 atom stereocenters. The molecule has 4 rings (SSSR count). The monoisotopic (exact) mass is 469 g/mol. The number of sulfonamides is 1. The number of carbonyl (C=O) groups excluding carboxylic acids is 1. The zero-order valence-corrected chi connectivity index (χ0v) is 19.8. The molecule has 33 heavy (non-hydrogen) atoms. The zero-order chi connectivity index (χ0) is 23.6. The fraction of sp³-hybridized carbons (Fsp3) is 0.333. The molecule has 2 aromatic carbocycles. The van der Waals surface area contributed by atoms with E-state index in [0.29, 0.717) is 11.3 Å². The molecule has 0 N–H and O–H groups in total. The zero-order valence-electron chi connectivity index (χ0n) is 18.9. The smallest absolute Gasteiger partial charge is 0.276 e. The highest BCUT2D eigenvalue weighted by molar-refractivity contribution is 7.89. The van der Waals surface area contributed by atoms with Crippen molar-refractivity contribution >= 4 is 15.9 Å². The molecule has 3 aromatic rings. The van der Waals surface area contributed by atoms with Crippen LogP contribution in [0.3, 0.4) is 0 Å². The predicted octanol–water partition coefficient (Wildman–Crippen LogP) is 3.33. The van der Waals surface area contributed by atoms with Gasteiger partial charge in [-0.05, 0) is 44.5 Å². The quantitative estimate of drug-likeness (QED) is 0.550. The molecule has 9 heteroatoms. The molecule has 2 heterocycles. The highest BCUT2D eigenvalue weighted by Gasteiger charge is 2.32. The lowest BCUT2D eigenvalue weighted by Crippen LogP contribution is -2.50. The largest absolute Gasteiger partial charge is 0.488 e. The van der Waals surface area contributed by atoms with Crippen LogP contribution in [0, 0.1) is 20.8 Å². The van der Waals surface area contributed by atoms with E-state index in [1.165, 1.54) is 4.31 Å². The van der Waals surface area contributed by atoms with Gasteiger partial charge in [0, 0.05) is 26.2 Å². The first-order valence-electron chi connectivity index (χ1n) is 10.8. The SMILES string of the molecule is Cc1ccc(OCc2c(C(=O)N3CCN(S(=O)(=O)c4ccccc4)CC3)noc2C)c(C)c1.